The highest BCUT2D eigenvalue weighted by molar-refractivity contribution is 5.84. The van der Waals surface area contributed by atoms with Crippen molar-refractivity contribution < 1.29 is 9.59 Å². The zero-order valence-electron chi connectivity index (χ0n) is 14.6. The van der Waals surface area contributed by atoms with Crippen LogP contribution in [0.25, 0.3) is 0 Å². The van der Waals surface area contributed by atoms with Crippen LogP contribution in [0.5, 0.6) is 0 Å². The van der Waals surface area contributed by atoms with Gasteiger partial charge in [0.15, 0.2) is 0 Å². The quantitative estimate of drug-likeness (QED) is 0.933. The van der Waals surface area contributed by atoms with Gasteiger partial charge >= 0.3 is 0 Å². The number of nitrogens with zero attached hydrogens (tertiary/aromatic N) is 2. The second-order valence-corrected chi connectivity index (χ2v) is 6.58. The molecule has 0 saturated carbocycles. The largest absolute Gasteiger partial charge is 0.352 e. The fourth-order valence-electron chi connectivity index (χ4n) is 3.35. The number of benzene rings is 1. The van der Waals surface area contributed by atoms with E-state index >= 15 is 0 Å². The van der Waals surface area contributed by atoms with E-state index in [0.717, 1.165) is 16.7 Å². The van der Waals surface area contributed by atoms with E-state index in [2.05, 4.69) is 10.3 Å². The van der Waals surface area contributed by atoms with Crippen LogP contribution in [0.2, 0.25) is 0 Å². The lowest BCUT2D eigenvalue weighted by atomic mass is 9.83. The molecule has 25 heavy (non-hydrogen) atoms. The van der Waals surface area contributed by atoms with Crippen molar-refractivity contribution in [3.8, 4) is 0 Å². The monoisotopic (exact) mass is 337 g/mol. The summed E-state index contributed by atoms with van der Waals surface area (Å²) in [4.78, 5) is 30.7. The van der Waals surface area contributed by atoms with E-state index in [1.54, 1.807) is 24.3 Å². The molecule has 0 bridgehead atoms. The summed E-state index contributed by atoms with van der Waals surface area (Å²) in [6.07, 6.45) is 4.41. The molecule has 2 heterocycles. The molecular formula is C20H23N3O2. The number of aromatic nitrogens is 1. The molecule has 1 N–H and O–H groups in total. The maximum absolute atomic E-state index is 12.8. The molecule has 2 atom stereocenters. The predicted octanol–water partition coefficient (Wildman–Crippen LogP) is 2.62. The summed E-state index contributed by atoms with van der Waals surface area (Å²) in [6, 6.07) is 11.6. The molecular weight excluding hydrogens is 314 g/mol. The van der Waals surface area contributed by atoms with Crippen LogP contribution in [-0.2, 0) is 16.1 Å². The van der Waals surface area contributed by atoms with E-state index in [0.29, 0.717) is 19.4 Å². The number of aryl methyl sites for hydroxylation is 1. The van der Waals surface area contributed by atoms with Crippen LogP contribution in [0.4, 0.5) is 0 Å². The van der Waals surface area contributed by atoms with E-state index < -0.39 is 0 Å². The molecule has 1 fully saturated rings. The lowest BCUT2D eigenvalue weighted by molar-refractivity contribution is -0.141. The van der Waals surface area contributed by atoms with E-state index in [1.165, 1.54) is 0 Å². The second-order valence-electron chi connectivity index (χ2n) is 6.58. The van der Waals surface area contributed by atoms with Crippen LogP contribution in [0, 0.1) is 12.8 Å². The van der Waals surface area contributed by atoms with E-state index in [4.69, 9.17) is 0 Å². The lowest BCUT2D eigenvalue weighted by Crippen LogP contribution is -2.46. The molecule has 1 aliphatic heterocycles. The van der Waals surface area contributed by atoms with Gasteiger partial charge in [0.2, 0.25) is 11.8 Å². The van der Waals surface area contributed by atoms with Gasteiger partial charge in [-0.3, -0.25) is 14.6 Å². The number of carbonyl (C=O) groups excluding carboxylic acids is 2. The van der Waals surface area contributed by atoms with Crippen LogP contribution < -0.4 is 5.32 Å². The number of hydrogen-bond donors (Lipinski definition) is 1. The van der Waals surface area contributed by atoms with Gasteiger partial charge < -0.3 is 10.2 Å². The zero-order valence-corrected chi connectivity index (χ0v) is 14.6. The number of nitrogens with one attached hydrogen (secondary N) is 1. The predicted molar refractivity (Wildman–Crippen MR) is 95.5 cm³/mol. The van der Waals surface area contributed by atoms with Crippen molar-refractivity contribution in [1.82, 2.24) is 15.2 Å². The summed E-state index contributed by atoms with van der Waals surface area (Å²) in [5, 5.41) is 3.01. The number of amides is 2. The fourth-order valence-corrected chi connectivity index (χ4v) is 3.35. The van der Waals surface area contributed by atoms with Crippen molar-refractivity contribution in [3.63, 3.8) is 0 Å². The highest BCUT2D eigenvalue weighted by Crippen LogP contribution is 2.36. The lowest BCUT2D eigenvalue weighted by Gasteiger charge is -2.38. The Kier molecular flexibility index (Phi) is 5.12. The Bertz CT molecular complexity index is 743. The summed E-state index contributed by atoms with van der Waals surface area (Å²) in [6.45, 7) is 2.49. The minimum absolute atomic E-state index is 0.0123. The molecule has 5 heteroatoms. The molecule has 0 unspecified atom stereocenters. The van der Waals surface area contributed by atoms with E-state index in [-0.39, 0.29) is 23.8 Å². The van der Waals surface area contributed by atoms with Crippen LogP contribution in [0.3, 0.4) is 0 Å². The summed E-state index contributed by atoms with van der Waals surface area (Å²) in [5.74, 6) is -0.169. The minimum Gasteiger partial charge on any atom is -0.352 e. The van der Waals surface area contributed by atoms with Crippen molar-refractivity contribution in [1.29, 1.82) is 0 Å². The van der Waals surface area contributed by atoms with E-state index in [1.807, 2.05) is 43.3 Å². The Hall–Kier alpha value is -2.69. The highest BCUT2D eigenvalue weighted by atomic mass is 16.2. The molecule has 0 radical (unpaired) electrons. The molecule has 2 amide bonds. The second kappa shape index (κ2) is 7.47. The van der Waals surface area contributed by atoms with Crippen molar-refractivity contribution in [2.24, 2.45) is 5.92 Å². The summed E-state index contributed by atoms with van der Waals surface area (Å²) >= 11 is 0. The van der Waals surface area contributed by atoms with Crippen LogP contribution >= 0.6 is 0 Å². The first-order valence-electron chi connectivity index (χ1n) is 8.55. The Morgan fingerprint density at radius 1 is 1.20 bits per heavy atom. The first kappa shape index (κ1) is 17.1. The topological polar surface area (TPSA) is 62.3 Å². The molecule has 5 nitrogen and oxygen atoms in total. The van der Waals surface area contributed by atoms with Gasteiger partial charge in [0.05, 0.1) is 12.0 Å². The summed E-state index contributed by atoms with van der Waals surface area (Å²) in [7, 11) is 1.79. The number of hydrogen-bond acceptors (Lipinski definition) is 3. The SMILES string of the molecule is Cc1ccc([C@H]2[C@@H](C(=O)NCc3ccncc3)CCC(=O)N2C)cc1. The first-order valence-corrected chi connectivity index (χ1v) is 8.55. The van der Waals surface area contributed by atoms with Crippen molar-refractivity contribution in [2.75, 3.05) is 7.05 Å². The third-order valence-electron chi connectivity index (χ3n) is 4.83. The average molecular weight is 337 g/mol. The zero-order chi connectivity index (χ0) is 17.8. The van der Waals surface area contributed by atoms with Gasteiger partial charge in [0, 0.05) is 32.4 Å². The van der Waals surface area contributed by atoms with Gasteiger partial charge in [0.1, 0.15) is 0 Å². The summed E-state index contributed by atoms with van der Waals surface area (Å²) in [5.41, 5.74) is 3.17. The normalized spacial score (nSPS) is 20.4. The van der Waals surface area contributed by atoms with Crippen LogP contribution in [0.1, 0.15) is 35.6 Å². The molecule has 3 rings (SSSR count). The molecule has 1 aliphatic rings. The molecule has 1 aromatic heterocycles. The molecule has 1 aromatic carbocycles. The number of carbonyl (C=O) groups is 2. The Morgan fingerprint density at radius 3 is 2.56 bits per heavy atom. The third kappa shape index (κ3) is 3.87. The third-order valence-corrected chi connectivity index (χ3v) is 4.83. The number of likely N-dealkylation sites (tertiary alicyclic amines) is 1. The van der Waals surface area contributed by atoms with Gasteiger partial charge in [0.25, 0.3) is 0 Å². The molecule has 0 spiro atoms. The van der Waals surface area contributed by atoms with Crippen molar-refractivity contribution in [3.05, 3.63) is 65.5 Å². The van der Waals surface area contributed by atoms with Crippen molar-refractivity contribution in [2.45, 2.75) is 32.4 Å². The van der Waals surface area contributed by atoms with Gasteiger partial charge in [-0.1, -0.05) is 29.8 Å². The Labute approximate surface area is 148 Å². The Morgan fingerprint density at radius 2 is 1.88 bits per heavy atom. The van der Waals surface area contributed by atoms with Crippen LogP contribution in [0.15, 0.2) is 48.8 Å². The average Bonchev–Trinajstić information content (AvgIpc) is 2.63. The Balaban J connectivity index is 1.78. The smallest absolute Gasteiger partial charge is 0.225 e. The van der Waals surface area contributed by atoms with E-state index in [9.17, 15) is 9.59 Å². The maximum atomic E-state index is 12.8. The molecule has 2 aromatic rings. The van der Waals surface area contributed by atoms with Crippen LogP contribution in [-0.4, -0.2) is 28.7 Å². The summed E-state index contributed by atoms with van der Waals surface area (Å²) < 4.78 is 0. The fraction of sp³-hybridized carbons (Fsp3) is 0.350. The van der Waals surface area contributed by atoms with Gasteiger partial charge in [-0.05, 0) is 36.6 Å². The van der Waals surface area contributed by atoms with Gasteiger partial charge in [-0.15, -0.1) is 0 Å². The molecule has 130 valence electrons. The van der Waals surface area contributed by atoms with Crippen molar-refractivity contribution >= 4 is 11.8 Å². The maximum Gasteiger partial charge on any atom is 0.225 e. The van der Waals surface area contributed by atoms with Gasteiger partial charge in [-0.2, -0.15) is 0 Å². The molecule has 0 aliphatic carbocycles. The number of piperidine rings is 1. The number of pyridine rings is 1. The first-order chi connectivity index (χ1) is 12.1. The minimum atomic E-state index is -0.243. The molecule has 1 saturated heterocycles. The number of rotatable bonds is 4. The standard InChI is InChI=1S/C20H23N3O2/c1-14-3-5-16(6-4-14)19-17(7-8-18(24)23(19)2)20(25)22-13-15-9-11-21-12-10-15/h3-6,9-12,17,19H,7-8,13H2,1-2H3,(H,22,25)/t17-,19-/m0/s1. The highest BCUT2D eigenvalue weighted by Gasteiger charge is 2.38. The van der Waals surface area contributed by atoms with Gasteiger partial charge in [-0.25, -0.2) is 0 Å².